The molecule has 0 aliphatic carbocycles. The second-order valence-corrected chi connectivity index (χ2v) is 6.10. The van der Waals surface area contributed by atoms with Crippen molar-refractivity contribution in [1.29, 1.82) is 0 Å². The molecule has 8 heteroatoms. The van der Waals surface area contributed by atoms with Gasteiger partial charge in [-0.15, -0.1) is 12.4 Å². The third-order valence-corrected chi connectivity index (χ3v) is 4.12. The number of carbonyl (C=O) groups is 1. The number of benzene rings is 1. The molecule has 1 aromatic rings. The third kappa shape index (κ3) is 4.56. The molecule has 0 aromatic heterocycles. The molecule has 1 aliphatic rings. The van der Waals surface area contributed by atoms with Crippen LogP contribution in [-0.2, 0) is 0 Å². The van der Waals surface area contributed by atoms with Crippen molar-refractivity contribution in [3.8, 4) is 0 Å². The molecule has 1 fully saturated rings. The molecule has 1 saturated heterocycles. The number of nitrogens with zero attached hydrogens (tertiary/aromatic N) is 1. The zero-order valence-electron chi connectivity index (χ0n) is 12.2. The molecule has 1 amide bonds. The Hall–Kier alpha value is -1.37. The molecule has 2 rings (SSSR count). The summed E-state index contributed by atoms with van der Waals surface area (Å²) in [4.78, 5) is 22.6. The molecule has 0 atom stereocenters. The van der Waals surface area contributed by atoms with Crippen molar-refractivity contribution in [3.05, 3.63) is 38.9 Å². The SMILES string of the molecule is CC1(CNC(=O)c2ccc(Cl)cc2[N+](=O)[O-])CCNCC1.Cl. The maximum Gasteiger partial charge on any atom is 0.283 e. The zero-order chi connectivity index (χ0) is 15.5. The largest absolute Gasteiger partial charge is 0.351 e. The van der Waals surface area contributed by atoms with Crippen molar-refractivity contribution in [2.45, 2.75) is 19.8 Å². The van der Waals surface area contributed by atoms with Crippen LogP contribution in [0.1, 0.15) is 30.1 Å². The number of piperidine rings is 1. The Labute approximate surface area is 140 Å². The van der Waals surface area contributed by atoms with Crippen LogP contribution in [0, 0.1) is 15.5 Å². The van der Waals surface area contributed by atoms with E-state index in [0.29, 0.717) is 6.54 Å². The summed E-state index contributed by atoms with van der Waals surface area (Å²) in [6.45, 7) is 4.47. The van der Waals surface area contributed by atoms with Crippen molar-refractivity contribution in [2.24, 2.45) is 5.41 Å². The number of nitrogens with one attached hydrogen (secondary N) is 2. The lowest BCUT2D eigenvalue weighted by molar-refractivity contribution is -0.385. The summed E-state index contributed by atoms with van der Waals surface area (Å²) in [5, 5.41) is 17.3. The van der Waals surface area contributed by atoms with Gasteiger partial charge in [0.05, 0.1) is 4.92 Å². The minimum atomic E-state index is -0.590. The lowest BCUT2D eigenvalue weighted by atomic mass is 9.81. The summed E-state index contributed by atoms with van der Waals surface area (Å²) in [5.74, 6) is -0.432. The van der Waals surface area contributed by atoms with Gasteiger partial charge in [-0.25, -0.2) is 0 Å². The number of nitro groups is 1. The van der Waals surface area contributed by atoms with Gasteiger partial charge in [0, 0.05) is 17.6 Å². The van der Waals surface area contributed by atoms with Crippen LogP contribution in [0.5, 0.6) is 0 Å². The molecule has 0 radical (unpaired) electrons. The fourth-order valence-corrected chi connectivity index (χ4v) is 2.61. The molecule has 1 heterocycles. The van der Waals surface area contributed by atoms with Gasteiger partial charge in [0.2, 0.25) is 0 Å². The Kier molecular flexibility index (Phi) is 6.59. The summed E-state index contributed by atoms with van der Waals surface area (Å²) in [6, 6.07) is 4.07. The number of halogens is 2. The molecule has 22 heavy (non-hydrogen) atoms. The van der Waals surface area contributed by atoms with Crippen LogP contribution < -0.4 is 10.6 Å². The number of amides is 1. The quantitative estimate of drug-likeness (QED) is 0.647. The molecule has 0 spiro atoms. The van der Waals surface area contributed by atoms with E-state index in [1.54, 1.807) is 0 Å². The highest BCUT2D eigenvalue weighted by molar-refractivity contribution is 6.31. The van der Waals surface area contributed by atoms with Gasteiger partial charge in [-0.3, -0.25) is 14.9 Å². The van der Waals surface area contributed by atoms with Crippen molar-refractivity contribution in [2.75, 3.05) is 19.6 Å². The topological polar surface area (TPSA) is 84.3 Å². The molecule has 2 N–H and O–H groups in total. The summed E-state index contributed by atoms with van der Waals surface area (Å²) in [5.41, 5.74) is -0.195. The van der Waals surface area contributed by atoms with E-state index in [4.69, 9.17) is 11.6 Å². The first-order valence-corrected chi connectivity index (χ1v) is 7.22. The second kappa shape index (κ2) is 7.76. The van der Waals surface area contributed by atoms with Crippen molar-refractivity contribution < 1.29 is 9.72 Å². The van der Waals surface area contributed by atoms with Gasteiger partial charge < -0.3 is 10.6 Å². The van der Waals surface area contributed by atoms with Crippen LogP contribution in [-0.4, -0.2) is 30.5 Å². The van der Waals surface area contributed by atoms with Crippen LogP contribution in [0.15, 0.2) is 18.2 Å². The monoisotopic (exact) mass is 347 g/mol. The summed E-state index contributed by atoms with van der Waals surface area (Å²) in [7, 11) is 0. The Morgan fingerprint density at radius 2 is 2.09 bits per heavy atom. The van der Waals surface area contributed by atoms with Crippen LogP contribution >= 0.6 is 24.0 Å². The van der Waals surface area contributed by atoms with Crippen LogP contribution in [0.4, 0.5) is 5.69 Å². The highest BCUT2D eigenvalue weighted by Gasteiger charge is 2.28. The van der Waals surface area contributed by atoms with E-state index in [0.717, 1.165) is 25.9 Å². The zero-order valence-corrected chi connectivity index (χ0v) is 13.8. The number of carbonyl (C=O) groups excluding carboxylic acids is 1. The summed E-state index contributed by atoms with van der Waals surface area (Å²) >= 11 is 5.74. The van der Waals surface area contributed by atoms with Crippen molar-refractivity contribution in [1.82, 2.24) is 10.6 Å². The molecule has 6 nitrogen and oxygen atoms in total. The van der Waals surface area contributed by atoms with Crippen molar-refractivity contribution >= 4 is 35.6 Å². The van der Waals surface area contributed by atoms with Gasteiger partial charge >= 0.3 is 0 Å². The maximum atomic E-state index is 12.2. The molecule has 0 saturated carbocycles. The minimum Gasteiger partial charge on any atom is -0.351 e. The van der Waals surface area contributed by atoms with Gasteiger partial charge in [0.15, 0.2) is 0 Å². The predicted octanol–water partition coefficient (Wildman–Crippen LogP) is 2.79. The number of nitro benzene ring substituents is 1. The van der Waals surface area contributed by atoms with E-state index < -0.39 is 10.8 Å². The molecule has 122 valence electrons. The first-order chi connectivity index (χ1) is 9.91. The Morgan fingerprint density at radius 3 is 2.68 bits per heavy atom. The van der Waals surface area contributed by atoms with E-state index in [2.05, 4.69) is 17.6 Å². The fourth-order valence-electron chi connectivity index (χ4n) is 2.44. The molecule has 1 aromatic carbocycles. The summed E-state index contributed by atoms with van der Waals surface area (Å²) < 4.78 is 0. The number of hydrogen-bond acceptors (Lipinski definition) is 4. The summed E-state index contributed by atoms with van der Waals surface area (Å²) in [6.07, 6.45) is 1.94. The Bertz CT molecular complexity index is 560. The lowest BCUT2D eigenvalue weighted by Crippen LogP contribution is -2.43. The van der Waals surface area contributed by atoms with Crippen LogP contribution in [0.3, 0.4) is 0 Å². The first-order valence-electron chi connectivity index (χ1n) is 6.84. The maximum absolute atomic E-state index is 12.2. The standard InChI is InChI=1S/C14H18ClN3O3.ClH/c1-14(4-6-16-7-5-14)9-17-13(19)11-3-2-10(15)8-12(11)18(20)21;/h2-3,8,16H,4-7,9H2,1H3,(H,17,19);1H. The van der Waals surface area contributed by atoms with E-state index >= 15 is 0 Å². The van der Waals surface area contributed by atoms with Gasteiger partial charge in [-0.1, -0.05) is 18.5 Å². The number of rotatable bonds is 4. The third-order valence-electron chi connectivity index (χ3n) is 3.89. The molecule has 0 unspecified atom stereocenters. The van der Waals surface area contributed by atoms with E-state index in [1.165, 1.54) is 18.2 Å². The minimum absolute atomic E-state index is 0. The fraction of sp³-hybridized carbons (Fsp3) is 0.500. The smallest absolute Gasteiger partial charge is 0.283 e. The van der Waals surface area contributed by atoms with Crippen LogP contribution in [0.25, 0.3) is 0 Å². The van der Waals surface area contributed by atoms with Gasteiger partial charge in [0.25, 0.3) is 11.6 Å². The normalized spacial score (nSPS) is 16.5. The van der Waals surface area contributed by atoms with E-state index in [9.17, 15) is 14.9 Å². The average Bonchev–Trinajstić information content (AvgIpc) is 2.45. The van der Waals surface area contributed by atoms with E-state index in [-0.39, 0.29) is 34.1 Å². The highest BCUT2D eigenvalue weighted by atomic mass is 35.5. The Morgan fingerprint density at radius 1 is 1.45 bits per heavy atom. The molecule has 1 aliphatic heterocycles. The first kappa shape index (κ1) is 18.7. The molecular formula is C14H19Cl2N3O3. The van der Waals surface area contributed by atoms with Crippen LogP contribution in [0.2, 0.25) is 5.02 Å². The van der Waals surface area contributed by atoms with E-state index in [1.807, 2.05) is 0 Å². The molecule has 0 bridgehead atoms. The lowest BCUT2D eigenvalue weighted by Gasteiger charge is -2.34. The van der Waals surface area contributed by atoms with Crippen molar-refractivity contribution in [3.63, 3.8) is 0 Å². The van der Waals surface area contributed by atoms with Gasteiger partial charge in [-0.05, 0) is 43.5 Å². The Balaban J connectivity index is 0.00000242. The second-order valence-electron chi connectivity index (χ2n) is 5.66. The predicted molar refractivity (Wildman–Crippen MR) is 87.9 cm³/mol. The average molecular weight is 348 g/mol. The number of hydrogen-bond donors (Lipinski definition) is 2. The van der Waals surface area contributed by atoms with Gasteiger partial charge in [0.1, 0.15) is 5.56 Å². The highest BCUT2D eigenvalue weighted by Crippen LogP contribution is 2.27. The molecular weight excluding hydrogens is 329 g/mol. The van der Waals surface area contributed by atoms with Gasteiger partial charge in [-0.2, -0.15) is 0 Å².